The van der Waals surface area contributed by atoms with Crippen LogP contribution in [0.3, 0.4) is 0 Å². The Morgan fingerprint density at radius 1 is 0.150 bits per heavy atom. The molecule has 0 atom stereocenters. The van der Waals surface area contributed by atoms with E-state index in [1.165, 1.54) is 301 Å². The number of benzene rings is 12. The van der Waals surface area contributed by atoms with Gasteiger partial charge in [0.15, 0.2) is 0 Å². The van der Waals surface area contributed by atoms with E-state index in [0.29, 0.717) is 0 Å². The highest BCUT2D eigenvalue weighted by atomic mass is 15.3. The van der Waals surface area contributed by atoms with Gasteiger partial charge in [0.05, 0.1) is 51.7 Å². The number of nitrogens with zero attached hydrogens (tertiary/aromatic N) is 12. The van der Waals surface area contributed by atoms with E-state index in [2.05, 4.69) is 278 Å². The molecular formula is C128H84N12. The summed E-state index contributed by atoms with van der Waals surface area (Å²) in [7, 11) is 0. The Morgan fingerprint density at radius 2 is 0.414 bits per heavy atom. The molecule has 12 nitrogen and oxygen atoms in total. The molecule has 12 heteroatoms. The Labute approximate surface area is 809 Å². The SMILES string of the molecule is c1ccc2c(c1)Cc1cc3c(cc1-2)Cc1c-3cc2c3c1Cc1cccnc1N3c1cccnc1C2.c1ccc2c(c1)Cc1cc3c(cc1-2)Cc1c-3cc2c3c1Cc1cccnc1N3c1ccncc1C2.c1ccc2c(c1)Cc1cc3c(cc1-2)Cc1c-3cc2c3c1Cc1cccnc1N3c1cnccc1C2.c1ccc2c(c1)Cc1cc3c(cc1-2)Cc1c-3cc2c3c1Cc1cccnc1N3c1ncccc1C2. The van der Waals surface area contributed by atoms with Crippen LogP contribution in [-0.4, -0.2) is 39.9 Å². The topological polar surface area (TPSA) is 116 Å². The van der Waals surface area contributed by atoms with Crippen LogP contribution >= 0.6 is 0 Å². The first-order valence-corrected chi connectivity index (χ1v) is 49.7. The Morgan fingerprint density at radius 3 is 0.814 bits per heavy atom. The van der Waals surface area contributed by atoms with Crippen molar-refractivity contribution in [1.82, 2.24) is 39.9 Å². The Bertz CT molecular complexity index is 8060. The maximum atomic E-state index is 4.85. The zero-order valence-corrected chi connectivity index (χ0v) is 76.7. The van der Waals surface area contributed by atoms with E-state index in [0.717, 1.165) is 138 Å². The Hall–Kier alpha value is -17.0. The number of hydrogen-bond acceptors (Lipinski definition) is 12. The molecule has 140 heavy (non-hydrogen) atoms. The van der Waals surface area contributed by atoms with Crippen LogP contribution in [0.1, 0.15) is 178 Å². The molecule has 0 bridgehead atoms. The quantitative estimate of drug-likeness (QED) is 0.144. The number of anilines is 12. The fourth-order valence-electron chi connectivity index (χ4n) is 27.8. The molecule has 20 aromatic rings. The van der Waals surface area contributed by atoms with E-state index in [4.69, 9.17) is 29.9 Å². The van der Waals surface area contributed by atoms with Crippen molar-refractivity contribution >= 4 is 68.9 Å². The Balaban J connectivity index is 0.0000000829. The van der Waals surface area contributed by atoms with E-state index in [1.807, 2.05) is 68.0 Å². The van der Waals surface area contributed by atoms with Crippen molar-refractivity contribution in [2.75, 3.05) is 19.6 Å². The van der Waals surface area contributed by atoms with Gasteiger partial charge in [-0.05, 0) is 440 Å². The molecule has 656 valence electrons. The second-order valence-corrected chi connectivity index (χ2v) is 40.9. The van der Waals surface area contributed by atoms with Crippen molar-refractivity contribution in [2.45, 2.75) is 103 Å². The predicted molar refractivity (Wildman–Crippen MR) is 555 cm³/mol. The van der Waals surface area contributed by atoms with Crippen molar-refractivity contribution in [3.63, 3.8) is 0 Å². The lowest BCUT2D eigenvalue weighted by Crippen LogP contribution is -2.27. The molecule has 12 aromatic carbocycles. The fourth-order valence-corrected chi connectivity index (χ4v) is 27.8. The van der Waals surface area contributed by atoms with Gasteiger partial charge in [-0.25, -0.2) is 24.9 Å². The first-order valence-electron chi connectivity index (χ1n) is 49.7. The number of aromatic nitrogens is 8. The highest BCUT2D eigenvalue weighted by molar-refractivity contribution is 6.01. The second kappa shape index (κ2) is 28.4. The van der Waals surface area contributed by atoms with E-state index < -0.39 is 0 Å². The molecule has 8 aliphatic heterocycles. The molecule has 0 saturated heterocycles. The number of rotatable bonds is 0. The summed E-state index contributed by atoms with van der Waals surface area (Å²) >= 11 is 0. The van der Waals surface area contributed by atoms with Gasteiger partial charge >= 0.3 is 0 Å². The molecule has 0 saturated carbocycles. The van der Waals surface area contributed by atoms with Crippen molar-refractivity contribution in [2.24, 2.45) is 0 Å². The van der Waals surface area contributed by atoms with Gasteiger partial charge in [0.2, 0.25) is 0 Å². The predicted octanol–water partition coefficient (Wildman–Crippen LogP) is 27.6. The normalized spacial score (nSPS) is 14.9. The minimum absolute atomic E-state index is 0.871. The average molecular weight is 1790 g/mol. The van der Waals surface area contributed by atoms with Crippen LogP contribution in [0.25, 0.3) is 89.0 Å². The summed E-state index contributed by atoms with van der Waals surface area (Å²) in [5.74, 6) is 5.25. The number of fused-ring (bicyclic) bond motifs is 44. The van der Waals surface area contributed by atoms with Gasteiger partial charge in [-0.2, -0.15) is 0 Å². The van der Waals surface area contributed by atoms with Gasteiger partial charge in [0.25, 0.3) is 0 Å². The van der Waals surface area contributed by atoms with Crippen LogP contribution in [0, 0.1) is 0 Å². The van der Waals surface area contributed by atoms with E-state index in [1.54, 1.807) is 0 Å². The highest BCUT2D eigenvalue weighted by Crippen LogP contribution is 2.62. The van der Waals surface area contributed by atoms with Gasteiger partial charge in [-0.1, -0.05) is 127 Å². The minimum atomic E-state index is 0.871. The van der Waals surface area contributed by atoms with Gasteiger partial charge in [0.1, 0.15) is 29.1 Å². The summed E-state index contributed by atoms with van der Waals surface area (Å²) < 4.78 is 0. The lowest BCUT2D eigenvalue weighted by Gasteiger charge is -2.39. The molecule has 0 unspecified atom stereocenters. The smallest absolute Gasteiger partial charge is 0.142 e. The summed E-state index contributed by atoms with van der Waals surface area (Å²) in [4.78, 5) is 47.4. The van der Waals surface area contributed by atoms with Gasteiger partial charge in [-0.3, -0.25) is 34.6 Å². The molecular weight excluding hydrogens is 1710 g/mol. The van der Waals surface area contributed by atoms with E-state index in [9.17, 15) is 0 Å². The van der Waals surface area contributed by atoms with Crippen LogP contribution in [0.2, 0.25) is 0 Å². The number of hydrogen-bond donors (Lipinski definition) is 0. The summed E-state index contributed by atoms with van der Waals surface area (Å²) in [5.41, 5.74) is 77.0. The van der Waals surface area contributed by atoms with Crippen LogP contribution in [-0.2, 0) is 103 Å². The highest BCUT2D eigenvalue weighted by Gasteiger charge is 2.45. The van der Waals surface area contributed by atoms with Gasteiger partial charge < -0.3 is 0 Å². The van der Waals surface area contributed by atoms with E-state index >= 15 is 0 Å². The molecule has 16 heterocycles. The van der Waals surface area contributed by atoms with Crippen LogP contribution in [0.4, 0.5) is 68.9 Å². The molecule has 8 aliphatic carbocycles. The summed E-state index contributed by atoms with van der Waals surface area (Å²) in [6, 6.07) is 95.4. The Kier molecular flexibility index (Phi) is 15.4. The summed E-state index contributed by atoms with van der Waals surface area (Å²) in [5, 5.41) is 0. The second-order valence-electron chi connectivity index (χ2n) is 40.9. The maximum absolute atomic E-state index is 4.85. The molecule has 0 amide bonds. The molecule has 36 rings (SSSR count). The van der Waals surface area contributed by atoms with Crippen molar-refractivity contribution < 1.29 is 0 Å². The standard InChI is InChI=1S/4C32H21N3/c1-2-8-24-18(5-1)11-21-14-26-22(15-25(21)24)16-28-27(26)17-23-12-19-6-3-9-33-31(19)35-30(23)29(28)13-20-7-4-10-34-32(20)35;1-2-7-23-18(5-1)11-20-13-25-21(14-24(20)23)15-27-26(25)16-22-17-29-30(8-4-9-33-29)35-31(22)28(27)12-19-6-3-10-34-32(19)35;1-2-6-24-18(4-1)10-21-13-26-22(14-25(21)24)15-28-27(26)16-23-11-19-7-9-33-17-30(19)35-31(23)29(28)12-20-5-3-8-34-32(20)35;1-2-6-24-18(4-1)10-20-13-26-21(14-25(20)24)15-28-27(26)16-22-11-23-17-33-9-7-30(23)35-31(22)29(28)12-19-5-3-8-34-32(19)35/h1-10,14-15,17H,11-13,16H2;1-10,13-14,16H,11-12,15,17H2;2*1-9,13-14,16-17H,10-12,15H2. The van der Waals surface area contributed by atoms with Gasteiger partial charge in [-0.15, -0.1) is 0 Å². The van der Waals surface area contributed by atoms with Crippen LogP contribution in [0.5, 0.6) is 0 Å². The lowest BCUT2D eigenvalue weighted by atomic mass is 9.83. The summed E-state index contributed by atoms with van der Waals surface area (Å²) in [6.07, 6.45) is 34.9. The minimum Gasteiger partial charge on any atom is -0.294 e. The summed E-state index contributed by atoms with van der Waals surface area (Å²) in [6.45, 7) is 0. The molecule has 0 N–H and O–H groups in total. The van der Waals surface area contributed by atoms with Crippen LogP contribution in [0.15, 0.2) is 317 Å². The van der Waals surface area contributed by atoms with Crippen molar-refractivity contribution in [3.8, 4) is 89.0 Å². The zero-order valence-electron chi connectivity index (χ0n) is 76.7. The molecule has 8 aromatic heterocycles. The third kappa shape index (κ3) is 10.7. The number of pyridine rings is 8. The van der Waals surface area contributed by atoms with Crippen molar-refractivity contribution in [3.05, 3.63) is 495 Å². The molecule has 0 radical (unpaired) electrons. The molecule has 16 aliphatic rings. The van der Waals surface area contributed by atoms with Crippen LogP contribution < -0.4 is 19.6 Å². The zero-order chi connectivity index (χ0) is 90.7. The lowest BCUT2D eigenvalue weighted by molar-refractivity contribution is 0.941. The first kappa shape index (κ1) is 76.2. The third-order valence-electron chi connectivity index (χ3n) is 33.7. The van der Waals surface area contributed by atoms with E-state index in [-0.39, 0.29) is 0 Å². The fraction of sp³-hybridized carbons (Fsp3) is 0.125. The van der Waals surface area contributed by atoms with Crippen molar-refractivity contribution in [1.29, 1.82) is 0 Å². The average Bonchev–Trinajstić information content (AvgIpc) is 1.45. The largest absolute Gasteiger partial charge is 0.294 e. The third-order valence-corrected chi connectivity index (χ3v) is 33.7. The molecule has 0 spiro atoms. The monoisotopic (exact) mass is 1790 g/mol. The maximum Gasteiger partial charge on any atom is 0.142 e. The molecule has 0 fully saturated rings. The first-order chi connectivity index (χ1) is 69.3. The van der Waals surface area contributed by atoms with Gasteiger partial charge in [0, 0.05) is 107 Å².